The van der Waals surface area contributed by atoms with Crippen molar-refractivity contribution in [3.05, 3.63) is 16.1 Å². The van der Waals surface area contributed by atoms with Gasteiger partial charge in [-0.05, 0) is 26.7 Å². The normalized spacial score (nSPS) is 24.9. The van der Waals surface area contributed by atoms with E-state index in [4.69, 9.17) is 9.47 Å². The van der Waals surface area contributed by atoms with Crippen LogP contribution in [0, 0.1) is 6.92 Å². The van der Waals surface area contributed by atoms with Crippen LogP contribution >= 0.6 is 11.3 Å². The van der Waals surface area contributed by atoms with Gasteiger partial charge in [-0.3, -0.25) is 0 Å². The van der Waals surface area contributed by atoms with E-state index in [0.29, 0.717) is 12.1 Å². The summed E-state index contributed by atoms with van der Waals surface area (Å²) in [6.07, 6.45) is 4.26. The molecule has 1 atom stereocenters. The summed E-state index contributed by atoms with van der Waals surface area (Å²) in [5.41, 5.74) is 1.11. The zero-order valence-electron chi connectivity index (χ0n) is 11.6. The van der Waals surface area contributed by atoms with Crippen LogP contribution in [0.15, 0.2) is 5.38 Å². The molecule has 1 N–H and O–H groups in total. The molecule has 1 aliphatic heterocycles. The van der Waals surface area contributed by atoms with Gasteiger partial charge in [-0.2, -0.15) is 0 Å². The molecule has 106 valence electrons. The van der Waals surface area contributed by atoms with Crippen molar-refractivity contribution in [3.63, 3.8) is 0 Å². The Hall–Kier alpha value is -0.490. The van der Waals surface area contributed by atoms with E-state index in [1.807, 2.05) is 6.92 Å². The molecule has 1 saturated heterocycles. The minimum absolute atomic E-state index is 0.251. The van der Waals surface area contributed by atoms with Gasteiger partial charge >= 0.3 is 0 Å². The molecule has 0 amide bonds. The van der Waals surface area contributed by atoms with Crippen molar-refractivity contribution < 1.29 is 9.47 Å². The fourth-order valence-electron chi connectivity index (χ4n) is 3.01. The van der Waals surface area contributed by atoms with Crippen molar-refractivity contribution >= 4 is 11.3 Å². The Kier molecular flexibility index (Phi) is 3.89. The molecule has 19 heavy (non-hydrogen) atoms. The molecule has 0 aromatic carbocycles. The summed E-state index contributed by atoms with van der Waals surface area (Å²) >= 11 is 1.74. The maximum Gasteiger partial charge on any atom is 0.168 e. The SMILES string of the molecule is Cc1csc(C(C)NC2CCC3(CC2)OCCO3)n1. The highest BCUT2D eigenvalue weighted by molar-refractivity contribution is 7.09. The number of aromatic nitrogens is 1. The third kappa shape index (κ3) is 2.99. The molecule has 2 fully saturated rings. The molecular weight excluding hydrogens is 260 g/mol. The summed E-state index contributed by atoms with van der Waals surface area (Å²) in [5.74, 6) is -0.251. The highest BCUT2D eigenvalue weighted by atomic mass is 32.1. The first-order valence-electron chi connectivity index (χ1n) is 7.13. The summed E-state index contributed by atoms with van der Waals surface area (Å²) in [6, 6.07) is 0.890. The maximum atomic E-state index is 5.76. The van der Waals surface area contributed by atoms with Gasteiger partial charge in [0.2, 0.25) is 0 Å². The van der Waals surface area contributed by atoms with Crippen LogP contribution < -0.4 is 5.32 Å². The van der Waals surface area contributed by atoms with E-state index in [9.17, 15) is 0 Å². The molecule has 1 spiro atoms. The maximum absolute atomic E-state index is 5.76. The van der Waals surface area contributed by atoms with Gasteiger partial charge in [0, 0.05) is 30.0 Å². The first kappa shape index (κ1) is 13.5. The lowest BCUT2D eigenvalue weighted by molar-refractivity contribution is -0.179. The van der Waals surface area contributed by atoms with Gasteiger partial charge in [-0.25, -0.2) is 4.98 Å². The smallest absolute Gasteiger partial charge is 0.168 e. The molecular formula is C14H22N2O2S. The van der Waals surface area contributed by atoms with Crippen molar-refractivity contribution in [3.8, 4) is 0 Å². The van der Waals surface area contributed by atoms with Gasteiger partial charge in [0.05, 0.1) is 19.3 Å². The molecule has 2 aliphatic rings. The van der Waals surface area contributed by atoms with Gasteiger partial charge in [0.25, 0.3) is 0 Å². The van der Waals surface area contributed by atoms with E-state index in [2.05, 4.69) is 22.6 Å². The fraction of sp³-hybridized carbons (Fsp3) is 0.786. The third-order valence-corrected chi connectivity index (χ3v) is 5.20. The van der Waals surface area contributed by atoms with E-state index in [0.717, 1.165) is 44.6 Å². The lowest BCUT2D eigenvalue weighted by atomic mass is 9.89. The quantitative estimate of drug-likeness (QED) is 0.926. The Morgan fingerprint density at radius 1 is 1.37 bits per heavy atom. The summed E-state index contributed by atoms with van der Waals surface area (Å²) in [7, 11) is 0. The Labute approximate surface area is 118 Å². The molecule has 1 unspecified atom stereocenters. The van der Waals surface area contributed by atoms with E-state index in [-0.39, 0.29) is 5.79 Å². The van der Waals surface area contributed by atoms with E-state index >= 15 is 0 Å². The zero-order chi connectivity index (χ0) is 13.3. The molecule has 4 nitrogen and oxygen atoms in total. The summed E-state index contributed by atoms with van der Waals surface area (Å²) < 4.78 is 11.5. The van der Waals surface area contributed by atoms with Crippen LogP contribution in [0.4, 0.5) is 0 Å². The number of hydrogen-bond donors (Lipinski definition) is 1. The second kappa shape index (κ2) is 5.48. The largest absolute Gasteiger partial charge is 0.348 e. The van der Waals surface area contributed by atoms with Crippen molar-refractivity contribution in [1.29, 1.82) is 0 Å². The van der Waals surface area contributed by atoms with Crippen molar-refractivity contribution in [2.24, 2.45) is 0 Å². The number of thiazole rings is 1. The summed E-state index contributed by atoms with van der Waals surface area (Å²) in [6.45, 7) is 5.76. The fourth-order valence-corrected chi connectivity index (χ4v) is 3.82. The summed E-state index contributed by atoms with van der Waals surface area (Å²) in [5, 5.41) is 6.99. The molecule has 0 radical (unpaired) electrons. The predicted molar refractivity (Wildman–Crippen MR) is 75.3 cm³/mol. The van der Waals surface area contributed by atoms with E-state index in [1.165, 1.54) is 5.01 Å². The van der Waals surface area contributed by atoms with Crippen LogP contribution in [0.2, 0.25) is 0 Å². The van der Waals surface area contributed by atoms with Gasteiger partial charge in [0.1, 0.15) is 5.01 Å². The monoisotopic (exact) mass is 282 g/mol. The lowest BCUT2D eigenvalue weighted by Crippen LogP contribution is -2.42. The van der Waals surface area contributed by atoms with Gasteiger partial charge in [-0.1, -0.05) is 0 Å². The molecule has 0 bridgehead atoms. The van der Waals surface area contributed by atoms with Gasteiger partial charge < -0.3 is 14.8 Å². The number of hydrogen-bond acceptors (Lipinski definition) is 5. The van der Waals surface area contributed by atoms with Crippen molar-refractivity contribution in [2.45, 2.75) is 57.4 Å². The van der Waals surface area contributed by atoms with Gasteiger partial charge in [0.15, 0.2) is 5.79 Å². The number of rotatable bonds is 3. The Bertz CT molecular complexity index is 419. The minimum Gasteiger partial charge on any atom is -0.348 e. The predicted octanol–water partition coefficient (Wildman–Crippen LogP) is 2.79. The third-order valence-electron chi connectivity index (χ3n) is 4.05. The Morgan fingerprint density at radius 3 is 2.63 bits per heavy atom. The Balaban J connectivity index is 1.52. The Morgan fingerprint density at radius 2 is 2.05 bits per heavy atom. The van der Waals surface area contributed by atoms with Crippen LogP contribution in [-0.4, -0.2) is 30.0 Å². The second-order valence-electron chi connectivity index (χ2n) is 5.60. The molecule has 1 saturated carbocycles. The zero-order valence-corrected chi connectivity index (χ0v) is 12.5. The topological polar surface area (TPSA) is 43.4 Å². The van der Waals surface area contributed by atoms with E-state index < -0.39 is 0 Å². The average Bonchev–Trinajstić information content (AvgIpc) is 3.02. The first-order valence-corrected chi connectivity index (χ1v) is 8.01. The highest BCUT2D eigenvalue weighted by Crippen LogP contribution is 2.36. The van der Waals surface area contributed by atoms with Gasteiger partial charge in [-0.15, -0.1) is 11.3 Å². The van der Waals surface area contributed by atoms with Crippen molar-refractivity contribution in [1.82, 2.24) is 10.3 Å². The molecule has 5 heteroatoms. The molecule has 3 rings (SSSR count). The van der Waals surface area contributed by atoms with Crippen LogP contribution in [0.3, 0.4) is 0 Å². The number of ether oxygens (including phenoxy) is 2. The molecule has 2 heterocycles. The summed E-state index contributed by atoms with van der Waals surface area (Å²) in [4.78, 5) is 4.55. The number of nitrogens with zero attached hydrogens (tertiary/aromatic N) is 1. The standard InChI is InChI=1S/C14H22N2O2S/c1-10-9-19-13(15-10)11(2)16-12-3-5-14(6-4-12)17-7-8-18-14/h9,11-12,16H,3-8H2,1-2H3. The first-order chi connectivity index (χ1) is 9.17. The second-order valence-corrected chi connectivity index (χ2v) is 6.49. The average molecular weight is 282 g/mol. The highest BCUT2D eigenvalue weighted by Gasteiger charge is 2.40. The lowest BCUT2D eigenvalue weighted by Gasteiger charge is -2.36. The molecule has 1 aliphatic carbocycles. The van der Waals surface area contributed by atoms with Crippen LogP contribution in [0.1, 0.15) is 49.4 Å². The molecule has 1 aromatic heterocycles. The van der Waals surface area contributed by atoms with Crippen LogP contribution in [0.25, 0.3) is 0 Å². The number of aryl methyl sites for hydroxylation is 1. The number of nitrogens with one attached hydrogen (secondary N) is 1. The van der Waals surface area contributed by atoms with Crippen molar-refractivity contribution in [2.75, 3.05) is 13.2 Å². The molecule has 1 aromatic rings. The van der Waals surface area contributed by atoms with Crippen LogP contribution in [-0.2, 0) is 9.47 Å². The van der Waals surface area contributed by atoms with Crippen LogP contribution in [0.5, 0.6) is 0 Å². The van der Waals surface area contributed by atoms with E-state index in [1.54, 1.807) is 11.3 Å². The minimum atomic E-state index is -0.251.